The Balaban J connectivity index is 2.83. The highest BCUT2D eigenvalue weighted by atomic mass is 32.2. The van der Waals surface area contributed by atoms with Gasteiger partial charge in [0, 0.05) is 5.75 Å². The number of amides is 1. The Morgan fingerprint density at radius 3 is 2.53 bits per heavy atom. The number of hydrogen-bond acceptors (Lipinski definition) is 4. The van der Waals surface area contributed by atoms with Gasteiger partial charge in [0.05, 0.1) is 12.5 Å². The van der Waals surface area contributed by atoms with E-state index in [2.05, 4.69) is 25.5 Å². The quantitative estimate of drug-likeness (QED) is 0.527. The lowest BCUT2D eigenvalue weighted by Crippen LogP contribution is -2.45. The molecule has 0 aromatic rings. The lowest BCUT2D eigenvalue weighted by Gasteiger charge is -2.33. The van der Waals surface area contributed by atoms with Crippen molar-refractivity contribution < 1.29 is 14.3 Å². The van der Waals surface area contributed by atoms with Crippen LogP contribution in [0.3, 0.4) is 0 Å². The van der Waals surface area contributed by atoms with Crippen LogP contribution in [-0.4, -0.2) is 41.6 Å². The second-order valence-corrected chi connectivity index (χ2v) is 5.76. The largest absolute Gasteiger partial charge is 0.467 e. The number of esters is 1. The minimum absolute atomic E-state index is 0.0334. The first kappa shape index (κ1) is 12.4. The highest BCUT2D eigenvalue weighted by molar-refractivity contribution is 8.00. The summed E-state index contributed by atoms with van der Waals surface area (Å²) in [5.74, 6) is 0.286. The summed E-state index contributed by atoms with van der Waals surface area (Å²) in [5.41, 5.74) is -0.0334. The molecule has 1 amide bonds. The zero-order valence-corrected chi connectivity index (χ0v) is 10.3. The monoisotopic (exact) mass is 231 g/mol. The molecule has 1 saturated heterocycles. The molecule has 15 heavy (non-hydrogen) atoms. The van der Waals surface area contributed by atoms with Gasteiger partial charge >= 0.3 is 5.97 Å². The maximum atomic E-state index is 11.4. The summed E-state index contributed by atoms with van der Waals surface area (Å²) in [4.78, 5) is 24.0. The maximum absolute atomic E-state index is 11.4. The van der Waals surface area contributed by atoms with Crippen LogP contribution in [0, 0.1) is 5.41 Å². The summed E-state index contributed by atoms with van der Waals surface area (Å²) in [7, 11) is 1.35. The van der Waals surface area contributed by atoms with Gasteiger partial charge in [0.2, 0.25) is 6.41 Å². The lowest BCUT2D eigenvalue weighted by molar-refractivity contribution is -0.149. The molecule has 0 spiro atoms. The molecule has 0 aliphatic carbocycles. The van der Waals surface area contributed by atoms with Crippen LogP contribution in [0.15, 0.2) is 0 Å². The molecule has 0 saturated carbocycles. The van der Waals surface area contributed by atoms with Crippen molar-refractivity contribution in [1.29, 1.82) is 0 Å². The maximum Gasteiger partial charge on any atom is 0.329 e. The van der Waals surface area contributed by atoms with E-state index in [1.807, 2.05) is 0 Å². The zero-order valence-electron chi connectivity index (χ0n) is 9.52. The minimum atomic E-state index is -0.429. The number of nitrogens with zero attached hydrogens (tertiary/aromatic N) is 1. The van der Waals surface area contributed by atoms with Crippen LogP contribution in [0.5, 0.6) is 0 Å². The average Bonchev–Trinajstić information content (AvgIpc) is 2.59. The highest BCUT2D eigenvalue weighted by Crippen LogP contribution is 2.39. The van der Waals surface area contributed by atoms with Crippen LogP contribution in [0.4, 0.5) is 0 Å². The van der Waals surface area contributed by atoms with Crippen molar-refractivity contribution in [2.75, 3.05) is 12.9 Å². The van der Waals surface area contributed by atoms with Gasteiger partial charge in [-0.25, -0.2) is 4.79 Å². The molecular formula is C10H17NO3S. The van der Waals surface area contributed by atoms with Gasteiger partial charge in [-0.05, 0) is 5.41 Å². The lowest BCUT2D eigenvalue weighted by atomic mass is 9.95. The van der Waals surface area contributed by atoms with Crippen molar-refractivity contribution in [2.24, 2.45) is 5.41 Å². The van der Waals surface area contributed by atoms with E-state index >= 15 is 0 Å². The fourth-order valence-electron chi connectivity index (χ4n) is 1.67. The fourth-order valence-corrected chi connectivity index (χ4v) is 3.21. The van der Waals surface area contributed by atoms with Crippen molar-refractivity contribution >= 4 is 24.1 Å². The Bertz CT molecular complexity index is 262. The van der Waals surface area contributed by atoms with Crippen molar-refractivity contribution in [1.82, 2.24) is 4.90 Å². The fraction of sp³-hybridized carbons (Fsp3) is 0.800. The minimum Gasteiger partial charge on any atom is -0.467 e. The number of hydrogen-bond donors (Lipinski definition) is 0. The molecular weight excluding hydrogens is 214 g/mol. The molecule has 2 atom stereocenters. The molecule has 4 nitrogen and oxygen atoms in total. The summed E-state index contributed by atoms with van der Waals surface area (Å²) in [5, 5.41) is 0.0408. The Hall–Kier alpha value is -0.710. The zero-order chi connectivity index (χ0) is 11.6. The van der Waals surface area contributed by atoms with Crippen molar-refractivity contribution in [3.63, 3.8) is 0 Å². The Morgan fingerprint density at radius 1 is 1.53 bits per heavy atom. The van der Waals surface area contributed by atoms with Crippen LogP contribution < -0.4 is 0 Å². The Labute approximate surface area is 94.3 Å². The highest BCUT2D eigenvalue weighted by Gasteiger charge is 2.43. The number of carbonyl (C=O) groups excluding carboxylic acids is 2. The first-order chi connectivity index (χ1) is 6.91. The van der Waals surface area contributed by atoms with Crippen LogP contribution in [0.1, 0.15) is 20.8 Å². The molecule has 0 bridgehead atoms. The molecule has 2 unspecified atom stereocenters. The predicted molar refractivity (Wildman–Crippen MR) is 59.4 cm³/mol. The van der Waals surface area contributed by atoms with Crippen molar-refractivity contribution in [2.45, 2.75) is 32.2 Å². The summed E-state index contributed by atoms with van der Waals surface area (Å²) in [6.45, 7) is 6.17. The normalized spacial score (nSPS) is 26.5. The van der Waals surface area contributed by atoms with Crippen LogP contribution in [0.25, 0.3) is 0 Å². The van der Waals surface area contributed by atoms with Gasteiger partial charge in [0.15, 0.2) is 0 Å². The Kier molecular flexibility index (Phi) is 3.65. The number of ether oxygens (including phenoxy) is 1. The third-order valence-electron chi connectivity index (χ3n) is 2.38. The standard InChI is InChI=1S/C10H17NO3S/c1-10(2,3)9-11(6-12)7(5-15-9)8(13)14-4/h6-7,9H,5H2,1-4H3. The second kappa shape index (κ2) is 4.43. The van der Waals surface area contributed by atoms with Gasteiger partial charge in [-0.1, -0.05) is 20.8 Å². The molecule has 1 aliphatic heterocycles. The SMILES string of the molecule is COC(=O)C1CSC(C(C)(C)C)N1C=O. The van der Waals surface area contributed by atoms with E-state index in [0.717, 1.165) is 6.41 Å². The molecule has 5 heteroatoms. The van der Waals surface area contributed by atoms with E-state index in [1.165, 1.54) is 7.11 Å². The first-order valence-corrected chi connectivity index (χ1v) is 5.89. The van der Waals surface area contributed by atoms with Crippen LogP contribution in [-0.2, 0) is 14.3 Å². The smallest absolute Gasteiger partial charge is 0.329 e. The van der Waals surface area contributed by atoms with E-state index in [0.29, 0.717) is 5.75 Å². The third-order valence-corrected chi connectivity index (χ3v) is 4.15. The first-order valence-electron chi connectivity index (χ1n) is 4.84. The van der Waals surface area contributed by atoms with Gasteiger partial charge < -0.3 is 9.64 Å². The predicted octanol–water partition coefficient (Wildman–Crippen LogP) is 1.11. The van der Waals surface area contributed by atoms with E-state index in [4.69, 9.17) is 0 Å². The topological polar surface area (TPSA) is 46.6 Å². The van der Waals surface area contributed by atoms with E-state index in [1.54, 1.807) is 16.7 Å². The van der Waals surface area contributed by atoms with E-state index < -0.39 is 6.04 Å². The Morgan fingerprint density at radius 2 is 2.13 bits per heavy atom. The third kappa shape index (κ3) is 2.45. The second-order valence-electron chi connectivity index (χ2n) is 4.64. The van der Waals surface area contributed by atoms with Gasteiger partial charge in [0.1, 0.15) is 6.04 Å². The molecule has 0 aromatic heterocycles. The molecule has 0 N–H and O–H groups in total. The summed E-state index contributed by atoms with van der Waals surface area (Å²) in [6.07, 6.45) is 0.748. The number of carbonyl (C=O) groups is 2. The molecule has 1 aliphatic rings. The summed E-state index contributed by atoms with van der Waals surface area (Å²) in [6, 6.07) is -0.429. The number of methoxy groups -OCH3 is 1. The van der Waals surface area contributed by atoms with E-state index in [9.17, 15) is 9.59 Å². The molecule has 1 rings (SSSR count). The molecule has 0 radical (unpaired) electrons. The van der Waals surface area contributed by atoms with Gasteiger partial charge in [-0.2, -0.15) is 0 Å². The van der Waals surface area contributed by atoms with Gasteiger partial charge in [-0.15, -0.1) is 11.8 Å². The van der Waals surface area contributed by atoms with Crippen molar-refractivity contribution in [3.8, 4) is 0 Å². The van der Waals surface area contributed by atoms with Crippen molar-refractivity contribution in [3.05, 3.63) is 0 Å². The van der Waals surface area contributed by atoms with Gasteiger partial charge in [-0.3, -0.25) is 4.79 Å². The van der Waals surface area contributed by atoms with Crippen LogP contribution in [0.2, 0.25) is 0 Å². The summed E-state index contributed by atoms with van der Waals surface area (Å²) < 4.78 is 4.67. The average molecular weight is 231 g/mol. The molecule has 0 aromatic carbocycles. The molecule has 86 valence electrons. The number of thioether (sulfide) groups is 1. The van der Waals surface area contributed by atoms with Crippen LogP contribution >= 0.6 is 11.8 Å². The molecule has 1 fully saturated rings. The van der Waals surface area contributed by atoms with E-state index in [-0.39, 0.29) is 16.8 Å². The van der Waals surface area contributed by atoms with Gasteiger partial charge in [0.25, 0.3) is 0 Å². The molecule has 1 heterocycles. The summed E-state index contributed by atoms with van der Waals surface area (Å²) >= 11 is 1.63. The number of rotatable bonds is 2.